The molecule has 78 valence electrons. The Morgan fingerprint density at radius 1 is 0.875 bits per heavy atom. The van der Waals surface area contributed by atoms with Crippen LogP contribution in [0, 0.1) is 6.07 Å². The zero-order valence-electron chi connectivity index (χ0n) is 8.71. The molecule has 2 aromatic rings. The van der Waals surface area contributed by atoms with E-state index in [2.05, 4.69) is 42.5 Å². The van der Waals surface area contributed by atoms with Gasteiger partial charge in [0.1, 0.15) is 0 Å². The van der Waals surface area contributed by atoms with Gasteiger partial charge in [-0.3, -0.25) is 0 Å². The fourth-order valence-electron chi connectivity index (χ4n) is 2.00. The Morgan fingerprint density at radius 3 is 2.38 bits per heavy atom. The minimum Gasteiger partial charge on any atom is -1.00 e. The Bertz CT molecular complexity index is 425. The monoisotopic (exact) mass is 299 g/mol. The standard InChI is InChI=1S/C13H9.2ClH.Zn/c1-3-7-12-10(5-1)9-11-6-2-4-8-13(11)12;;;/h1-5,7-8H,9H2;2*1H;/q-1;;;+2/p-2. The Hall–Kier alpha value is -0.357. The third-order valence-corrected chi connectivity index (χ3v) is 2.62. The van der Waals surface area contributed by atoms with Crippen LogP contribution >= 0.6 is 0 Å². The van der Waals surface area contributed by atoms with Crippen LogP contribution in [0.15, 0.2) is 42.5 Å². The first-order valence-electron chi connectivity index (χ1n) is 4.53. The number of benzene rings is 2. The molecule has 0 saturated carbocycles. The second-order valence-corrected chi connectivity index (χ2v) is 3.40. The van der Waals surface area contributed by atoms with Crippen LogP contribution in [0.3, 0.4) is 0 Å². The maximum Gasteiger partial charge on any atom is 2.00 e. The van der Waals surface area contributed by atoms with Crippen molar-refractivity contribution in [3.8, 4) is 11.1 Å². The van der Waals surface area contributed by atoms with E-state index in [-0.39, 0.29) is 44.3 Å². The van der Waals surface area contributed by atoms with Crippen LogP contribution in [0.5, 0.6) is 0 Å². The van der Waals surface area contributed by atoms with Crippen LogP contribution < -0.4 is 24.8 Å². The van der Waals surface area contributed by atoms with Crippen molar-refractivity contribution in [2.24, 2.45) is 0 Å². The zero-order chi connectivity index (χ0) is 8.67. The van der Waals surface area contributed by atoms with Gasteiger partial charge in [-0.05, 0) is 6.42 Å². The summed E-state index contributed by atoms with van der Waals surface area (Å²) in [6, 6.07) is 18.1. The molecule has 2 aromatic carbocycles. The van der Waals surface area contributed by atoms with Crippen molar-refractivity contribution in [3.05, 3.63) is 59.7 Å². The Labute approximate surface area is 121 Å². The molecule has 3 rings (SSSR count). The molecule has 0 unspecified atom stereocenters. The second-order valence-electron chi connectivity index (χ2n) is 3.40. The number of fused-ring (bicyclic) bond motifs is 3. The maximum absolute atomic E-state index is 3.30. The second kappa shape index (κ2) is 6.40. The first-order valence-corrected chi connectivity index (χ1v) is 4.53. The Kier molecular flexibility index (Phi) is 6.25. The average molecular weight is 302 g/mol. The van der Waals surface area contributed by atoms with E-state index in [0.29, 0.717) is 0 Å². The number of hydrogen-bond donors (Lipinski definition) is 0. The summed E-state index contributed by atoms with van der Waals surface area (Å²) in [6.07, 6.45) is 1.05. The predicted molar refractivity (Wildman–Crippen MR) is 53.5 cm³/mol. The van der Waals surface area contributed by atoms with E-state index in [0.717, 1.165) is 6.42 Å². The van der Waals surface area contributed by atoms with Crippen molar-refractivity contribution < 1.29 is 44.3 Å². The summed E-state index contributed by atoms with van der Waals surface area (Å²) in [7, 11) is 0. The molecule has 0 spiro atoms. The van der Waals surface area contributed by atoms with Crippen LogP contribution in [0.2, 0.25) is 0 Å². The summed E-state index contributed by atoms with van der Waals surface area (Å²) in [5.41, 5.74) is 5.51. The zero-order valence-corrected chi connectivity index (χ0v) is 13.2. The molecular weight excluding hydrogens is 292 g/mol. The molecule has 16 heavy (non-hydrogen) atoms. The molecule has 0 fully saturated rings. The van der Waals surface area contributed by atoms with Gasteiger partial charge in [0, 0.05) is 0 Å². The van der Waals surface area contributed by atoms with Crippen LogP contribution in [0.4, 0.5) is 0 Å². The summed E-state index contributed by atoms with van der Waals surface area (Å²) < 4.78 is 0. The Morgan fingerprint density at radius 2 is 1.56 bits per heavy atom. The molecule has 1 aliphatic rings. The van der Waals surface area contributed by atoms with E-state index in [9.17, 15) is 0 Å². The number of halogens is 2. The van der Waals surface area contributed by atoms with Gasteiger partial charge in [0.15, 0.2) is 0 Å². The molecule has 1 aliphatic carbocycles. The molecule has 0 nitrogen and oxygen atoms in total. The van der Waals surface area contributed by atoms with Gasteiger partial charge >= 0.3 is 19.5 Å². The van der Waals surface area contributed by atoms with Crippen molar-refractivity contribution in [2.75, 3.05) is 0 Å². The molecule has 3 heteroatoms. The smallest absolute Gasteiger partial charge is 1.00 e. The summed E-state index contributed by atoms with van der Waals surface area (Å²) in [6.45, 7) is 0. The maximum atomic E-state index is 3.30. The fraction of sp³-hybridized carbons (Fsp3) is 0.0769. The van der Waals surface area contributed by atoms with Gasteiger partial charge in [0.25, 0.3) is 0 Å². The van der Waals surface area contributed by atoms with E-state index in [1.54, 1.807) is 0 Å². The third kappa shape index (κ3) is 2.48. The minimum atomic E-state index is 0. The Balaban J connectivity index is 0.000000750. The number of rotatable bonds is 0. The first kappa shape index (κ1) is 15.6. The first-order chi connectivity index (χ1) is 6.45. The summed E-state index contributed by atoms with van der Waals surface area (Å²) in [4.78, 5) is 0. The van der Waals surface area contributed by atoms with Crippen molar-refractivity contribution in [2.45, 2.75) is 6.42 Å². The van der Waals surface area contributed by atoms with Crippen molar-refractivity contribution in [1.29, 1.82) is 0 Å². The van der Waals surface area contributed by atoms with Crippen molar-refractivity contribution in [3.63, 3.8) is 0 Å². The molecule has 0 heterocycles. The summed E-state index contributed by atoms with van der Waals surface area (Å²) >= 11 is 0. The van der Waals surface area contributed by atoms with Gasteiger partial charge in [-0.1, -0.05) is 35.4 Å². The van der Waals surface area contributed by atoms with Crippen LogP contribution in [0.25, 0.3) is 11.1 Å². The molecule has 0 aliphatic heterocycles. The average Bonchev–Trinajstić information content (AvgIpc) is 2.56. The van der Waals surface area contributed by atoms with Gasteiger partial charge in [-0.2, -0.15) is 29.8 Å². The van der Waals surface area contributed by atoms with E-state index >= 15 is 0 Å². The van der Waals surface area contributed by atoms with E-state index in [1.807, 2.05) is 6.07 Å². The predicted octanol–water partition coefficient (Wildman–Crippen LogP) is -2.94. The van der Waals surface area contributed by atoms with Crippen molar-refractivity contribution >= 4 is 0 Å². The summed E-state index contributed by atoms with van der Waals surface area (Å²) in [5.74, 6) is 0. The largest absolute Gasteiger partial charge is 2.00 e. The molecular formula is C13H9Cl2Zn-. The van der Waals surface area contributed by atoms with Crippen LogP contribution in [-0.4, -0.2) is 0 Å². The molecule has 0 N–H and O–H groups in total. The van der Waals surface area contributed by atoms with Crippen molar-refractivity contribution in [1.82, 2.24) is 0 Å². The minimum absolute atomic E-state index is 0. The van der Waals surface area contributed by atoms with E-state index in [1.165, 1.54) is 22.3 Å². The van der Waals surface area contributed by atoms with E-state index < -0.39 is 0 Å². The third-order valence-electron chi connectivity index (χ3n) is 2.62. The quantitative estimate of drug-likeness (QED) is 0.308. The van der Waals surface area contributed by atoms with Crippen LogP contribution in [0.1, 0.15) is 11.1 Å². The fourth-order valence-corrected chi connectivity index (χ4v) is 2.00. The van der Waals surface area contributed by atoms with Gasteiger partial charge in [-0.15, -0.1) is 5.56 Å². The van der Waals surface area contributed by atoms with E-state index in [4.69, 9.17) is 0 Å². The SMILES string of the molecule is [Cl-].[Cl-].[Zn+2].[c-]1cccc2c1Cc1ccccc1-2. The van der Waals surface area contributed by atoms with Gasteiger partial charge in [-0.25, -0.2) is 0 Å². The summed E-state index contributed by atoms with van der Waals surface area (Å²) in [5, 5.41) is 0. The molecule has 0 saturated heterocycles. The van der Waals surface area contributed by atoms with Gasteiger partial charge in [0.2, 0.25) is 0 Å². The van der Waals surface area contributed by atoms with Gasteiger partial charge in [0.05, 0.1) is 0 Å². The molecule has 0 bridgehead atoms. The topological polar surface area (TPSA) is 0 Å². The normalized spacial score (nSPS) is 10.0. The number of hydrogen-bond acceptors (Lipinski definition) is 0. The molecule has 0 radical (unpaired) electrons. The van der Waals surface area contributed by atoms with Crippen LogP contribution in [-0.2, 0) is 25.9 Å². The van der Waals surface area contributed by atoms with Gasteiger partial charge < -0.3 is 24.8 Å². The molecule has 0 aromatic heterocycles. The molecule has 0 amide bonds. The molecule has 0 atom stereocenters.